The molecular weight excluding hydrogens is 328 g/mol. The quantitative estimate of drug-likeness (QED) is 0.783. The standard InChI is InChI=1S/C19H20N6O/c26-19(17-10-14-25(23-17)16-5-2-1-3-6-16)24-12-8-15(9-13-24)21-18-7-4-11-20-22-18/h1-7,10-11,14-15H,8-9,12-13H2,(H,21,22). The first-order chi connectivity index (χ1) is 12.8. The Labute approximate surface area is 151 Å². The molecule has 1 N–H and O–H groups in total. The van der Waals surface area contributed by atoms with Gasteiger partial charge in [0, 0.05) is 31.5 Å². The molecule has 7 nitrogen and oxygen atoms in total. The van der Waals surface area contributed by atoms with Crippen LogP contribution in [0, 0.1) is 0 Å². The second-order valence-electron chi connectivity index (χ2n) is 6.30. The average Bonchev–Trinajstić information content (AvgIpc) is 3.20. The monoisotopic (exact) mass is 348 g/mol. The van der Waals surface area contributed by atoms with Crippen molar-refractivity contribution in [1.29, 1.82) is 0 Å². The number of nitrogens with zero attached hydrogens (tertiary/aromatic N) is 5. The van der Waals surface area contributed by atoms with Crippen LogP contribution in [0.4, 0.5) is 5.82 Å². The van der Waals surface area contributed by atoms with Gasteiger partial charge in [-0.3, -0.25) is 4.79 Å². The number of hydrogen-bond acceptors (Lipinski definition) is 5. The maximum Gasteiger partial charge on any atom is 0.274 e. The summed E-state index contributed by atoms with van der Waals surface area (Å²) in [5, 5.41) is 15.7. The van der Waals surface area contributed by atoms with Crippen LogP contribution in [0.1, 0.15) is 23.3 Å². The predicted octanol–water partition coefficient (Wildman–Crippen LogP) is 2.38. The van der Waals surface area contributed by atoms with E-state index < -0.39 is 0 Å². The maximum atomic E-state index is 12.7. The van der Waals surface area contributed by atoms with Gasteiger partial charge in [0.15, 0.2) is 5.69 Å². The number of hydrogen-bond donors (Lipinski definition) is 1. The summed E-state index contributed by atoms with van der Waals surface area (Å²) in [7, 11) is 0. The van der Waals surface area contributed by atoms with Crippen molar-refractivity contribution < 1.29 is 4.79 Å². The number of carbonyl (C=O) groups excluding carboxylic acids is 1. The van der Waals surface area contributed by atoms with Gasteiger partial charge in [0.1, 0.15) is 5.82 Å². The van der Waals surface area contributed by atoms with Gasteiger partial charge in [0.25, 0.3) is 5.91 Å². The van der Waals surface area contributed by atoms with Crippen molar-refractivity contribution in [2.75, 3.05) is 18.4 Å². The van der Waals surface area contributed by atoms with E-state index in [1.165, 1.54) is 0 Å². The molecule has 0 bridgehead atoms. The van der Waals surface area contributed by atoms with Crippen LogP contribution >= 0.6 is 0 Å². The van der Waals surface area contributed by atoms with Gasteiger partial charge in [-0.25, -0.2) is 4.68 Å². The van der Waals surface area contributed by atoms with Gasteiger partial charge in [-0.05, 0) is 43.2 Å². The Kier molecular flexibility index (Phi) is 4.59. The molecule has 0 spiro atoms. The van der Waals surface area contributed by atoms with Crippen LogP contribution in [0.3, 0.4) is 0 Å². The number of aromatic nitrogens is 4. The van der Waals surface area contributed by atoms with E-state index in [1.54, 1.807) is 16.9 Å². The predicted molar refractivity (Wildman–Crippen MR) is 98.1 cm³/mol. The van der Waals surface area contributed by atoms with E-state index in [9.17, 15) is 4.79 Å². The molecule has 0 atom stereocenters. The number of rotatable bonds is 4. The Morgan fingerprint density at radius 1 is 1.04 bits per heavy atom. The second-order valence-corrected chi connectivity index (χ2v) is 6.30. The minimum Gasteiger partial charge on any atom is -0.366 e. The highest BCUT2D eigenvalue weighted by atomic mass is 16.2. The smallest absolute Gasteiger partial charge is 0.274 e. The minimum absolute atomic E-state index is 0.0161. The highest BCUT2D eigenvalue weighted by Gasteiger charge is 2.25. The average molecular weight is 348 g/mol. The first-order valence-electron chi connectivity index (χ1n) is 8.74. The summed E-state index contributed by atoms with van der Waals surface area (Å²) in [6.07, 6.45) is 5.23. The first kappa shape index (κ1) is 16.3. The Morgan fingerprint density at radius 2 is 1.85 bits per heavy atom. The summed E-state index contributed by atoms with van der Waals surface area (Å²) in [5.41, 5.74) is 1.42. The molecule has 1 saturated heterocycles. The van der Waals surface area contributed by atoms with Crippen molar-refractivity contribution in [2.45, 2.75) is 18.9 Å². The summed E-state index contributed by atoms with van der Waals surface area (Å²) < 4.78 is 1.73. The molecule has 0 aliphatic carbocycles. The Balaban J connectivity index is 1.36. The SMILES string of the molecule is O=C(c1ccn(-c2ccccc2)n1)N1CCC(Nc2cccnn2)CC1. The number of anilines is 1. The Bertz CT molecular complexity index is 856. The molecule has 0 saturated carbocycles. The molecule has 1 fully saturated rings. The molecule has 2 aromatic heterocycles. The summed E-state index contributed by atoms with van der Waals surface area (Å²) in [4.78, 5) is 14.6. The molecular formula is C19H20N6O. The van der Waals surface area contributed by atoms with Gasteiger partial charge in [-0.15, -0.1) is 5.10 Å². The molecule has 1 aromatic carbocycles. The van der Waals surface area contributed by atoms with Crippen LogP contribution in [-0.2, 0) is 0 Å². The fraction of sp³-hybridized carbons (Fsp3) is 0.263. The number of nitrogens with one attached hydrogen (secondary N) is 1. The zero-order valence-electron chi connectivity index (χ0n) is 14.3. The summed E-state index contributed by atoms with van der Waals surface area (Å²) >= 11 is 0. The zero-order valence-corrected chi connectivity index (χ0v) is 14.3. The topological polar surface area (TPSA) is 75.9 Å². The number of amides is 1. The third-order valence-electron chi connectivity index (χ3n) is 4.54. The van der Waals surface area contributed by atoms with Crippen LogP contribution in [-0.4, -0.2) is 49.9 Å². The molecule has 0 radical (unpaired) electrons. The van der Waals surface area contributed by atoms with Crippen molar-refractivity contribution in [1.82, 2.24) is 24.9 Å². The number of carbonyl (C=O) groups is 1. The van der Waals surface area contributed by atoms with Crippen LogP contribution in [0.15, 0.2) is 60.9 Å². The Hall–Kier alpha value is -3.22. The van der Waals surface area contributed by atoms with E-state index in [2.05, 4.69) is 20.6 Å². The van der Waals surface area contributed by atoms with Crippen molar-refractivity contribution in [3.05, 3.63) is 66.6 Å². The van der Waals surface area contributed by atoms with Crippen molar-refractivity contribution in [3.8, 4) is 5.69 Å². The lowest BCUT2D eigenvalue weighted by atomic mass is 10.0. The largest absolute Gasteiger partial charge is 0.366 e. The number of piperidine rings is 1. The molecule has 0 unspecified atom stereocenters. The van der Waals surface area contributed by atoms with E-state index in [0.29, 0.717) is 24.8 Å². The highest BCUT2D eigenvalue weighted by molar-refractivity contribution is 5.92. The van der Waals surface area contributed by atoms with Gasteiger partial charge >= 0.3 is 0 Å². The summed E-state index contributed by atoms with van der Waals surface area (Å²) in [5.74, 6) is 0.761. The third-order valence-corrected chi connectivity index (χ3v) is 4.54. The molecule has 1 aliphatic heterocycles. The maximum absolute atomic E-state index is 12.7. The van der Waals surface area contributed by atoms with Gasteiger partial charge < -0.3 is 10.2 Å². The van der Waals surface area contributed by atoms with E-state index in [0.717, 1.165) is 24.3 Å². The fourth-order valence-corrected chi connectivity index (χ4v) is 3.14. The highest BCUT2D eigenvalue weighted by Crippen LogP contribution is 2.17. The molecule has 26 heavy (non-hydrogen) atoms. The molecule has 132 valence electrons. The first-order valence-corrected chi connectivity index (χ1v) is 8.74. The van der Waals surface area contributed by atoms with E-state index in [4.69, 9.17) is 0 Å². The van der Waals surface area contributed by atoms with Gasteiger partial charge in [0.2, 0.25) is 0 Å². The normalized spacial score (nSPS) is 15.0. The third kappa shape index (κ3) is 3.56. The zero-order chi connectivity index (χ0) is 17.8. The molecule has 1 amide bonds. The lowest BCUT2D eigenvalue weighted by Gasteiger charge is -2.32. The lowest BCUT2D eigenvalue weighted by molar-refractivity contribution is 0.0712. The van der Waals surface area contributed by atoms with Crippen LogP contribution in [0.5, 0.6) is 0 Å². The molecule has 1 aliphatic rings. The van der Waals surface area contributed by atoms with Crippen molar-refractivity contribution >= 4 is 11.7 Å². The van der Waals surface area contributed by atoms with Gasteiger partial charge in [-0.1, -0.05) is 18.2 Å². The van der Waals surface area contributed by atoms with Crippen LogP contribution in [0.25, 0.3) is 5.69 Å². The minimum atomic E-state index is -0.0161. The van der Waals surface area contributed by atoms with Crippen molar-refractivity contribution in [2.24, 2.45) is 0 Å². The van der Waals surface area contributed by atoms with Gasteiger partial charge in [-0.2, -0.15) is 10.2 Å². The molecule has 7 heteroatoms. The summed E-state index contributed by atoms with van der Waals surface area (Å²) in [6.45, 7) is 1.41. The summed E-state index contributed by atoms with van der Waals surface area (Å²) in [6, 6.07) is 15.6. The van der Waals surface area contributed by atoms with Crippen LogP contribution in [0.2, 0.25) is 0 Å². The Morgan fingerprint density at radius 3 is 2.58 bits per heavy atom. The lowest BCUT2D eigenvalue weighted by Crippen LogP contribution is -2.42. The van der Waals surface area contributed by atoms with Crippen molar-refractivity contribution in [3.63, 3.8) is 0 Å². The number of para-hydroxylation sites is 1. The van der Waals surface area contributed by atoms with Crippen LogP contribution < -0.4 is 5.32 Å². The van der Waals surface area contributed by atoms with Gasteiger partial charge in [0.05, 0.1) is 5.69 Å². The van der Waals surface area contributed by atoms with E-state index in [1.807, 2.05) is 53.6 Å². The van der Waals surface area contributed by atoms with E-state index in [-0.39, 0.29) is 5.91 Å². The molecule has 4 rings (SSSR count). The molecule has 3 heterocycles. The second kappa shape index (κ2) is 7.35. The number of benzene rings is 1. The molecule has 3 aromatic rings. The fourth-order valence-electron chi connectivity index (χ4n) is 3.14. The van der Waals surface area contributed by atoms with E-state index >= 15 is 0 Å². The number of likely N-dealkylation sites (tertiary alicyclic amines) is 1.